The van der Waals surface area contributed by atoms with Gasteiger partial charge in [0.25, 0.3) is 5.91 Å². The van der Waals surface area contributed by atoms with Crippen LogP contribution in [0.2, 0.25) is 0 Å². The third kappa shape index (κ3) is 2.50. The normalized spacial score (nSPS) is 10.4. The van der Waals surface area contributed by atoms with E-state index in [-0.39, 0.29) is 5.91 Å². The second-order valence-corrected chi connectivity index (χ2v) is 4.76. The minimum Gasteiger partial charge on any atom is -0.399 e. The summed E-state index contributed by atoms with van der Waals surface area (Å²) >= 11 is 1.11. The third-order valence-electron chi connectivity index (χ3n) is 2.55. The van der Waals surface area contributed by atoms with Gasteiger partial charge in [0.2, 0.25) is 0 Å². The zero-order valence-electron chi connectivity index (χ0n) is 10.2. The average Bonchev–Trinajstić information content (AvgIpc) is 3.09. The Morgan fingerprint density at radius 1 is 1.35 bits per heavy atom. The number of aromatic nitrogens is 4. The number of anilines is 2. The zero-order chi connectivity index (χ0) is 13.9. The molecule has 8 heteroatoms. The van der Waals surface area contributed by atoms with Gasteiger partial charge in [-0.1, -0.05) is 10.6 Å². The van der Waals surface area contributed by atoms with E-state index in [1.807, 2.05) is 12.1 Å². The first-order valence-electron chi connectivity index (χ1n) is 5.73. The van der Waals surface area contributed by atoms with Crippen molar-refractivity contribution in [3.05, 3.63) is 48.4 Å². The van der Waals surface area contributed by atoms with Crippen LogP contribution in [0.15, 0.2) is 42.7 Å². The molecule has 0 aliphatic rings. The van der Waals surface area contributed by atoms with Gasteiger partial charge in [0.05, 0.1) is 11.9 Å². The molecule has 0 atom stereocenters. The molecule has 20 heavy (non-hydrogen) atoms. The number of hydrogen-bond acceptors (Lipinski definition) is 6. The van der Waals surface area contributed by atoms with Crippen molar-refractivity contribution in [2.45, 2.75) is 0 Å². The van der Waals surface area contributed by atoms with Crippen LogP contribution in [-0.4, -0.2) is 25.3 Å². The van der Waals surface area contributed by atoms with Crippen molar-refractivity contribution < 1.29 is 4.79 Å². The third-order valence-corrected chi connectivity index (χ3v) is 3.13. The van der Waals surface area contributed by atoms with Crippen molar-refractivity contribution >= 4 is 28.1 Å². The lowest BCUT2D eigenvalue weighted by Gasteiger charge is -2.02. The number of hydrogen-bond donors (Lipinski definition) is 2. The number of nitrogen functional groups attached to an aromatic ring is 1. The van der Waals surface area contributed by atoms with Crippen LogP contribution in [-0.2, 0) is 0 Å². The first-order valence-corrected chi connectivity index (χ1v) is 6.50. The van der Waals surface area contributed by atoms with Gasteiger partial charge in [-0.2, -0.15) is 5.10 Å². The summed E-state index contributed by atoms with van der Waals surface area (Å²) in [6.45, 7) is 0. The zero-order valence-corrected chi connectivity index (χ0v) is 11.0. The Morgan fingerprint density at radius 2 is 2.25 bits per heavy atom. The summed E-state index contributed by atoms with van der Waals surface area (Å²) in [6, 6.07) is 8.89. The minimum atomic E-state index is -0.307. The molecular formula is C12H10N6OS. The Morgan fingerprint density at radius 3 is 3.00 bits per heavy atom. The lowest BCUT2D eigenvalue weighted by molar-refractivity contribution is 0.102. The van der Waals surface area contributed by atoms with Gasteiger partial charge in [0.1, 0.15) is 5.00 Å². The molecule has 1 amide bonds. The molecule has 0 unspecified atom stereocenters. The van der Waals surface area contributed by atoms with Crippen LogP contribution in [0, 0.1) is 0 Å². The topological polar surface area (TPSA) is 98.7 Å². The first kappa shape index (κ1) is 12.3. The van der Waals surface area contributed by atoms with E-state index in [9.17, 15) is 4.79 Å². The Hall–Kier alpha value is -2.74. The van der Waals surface area contributed by atoms with E-state index in [0.717, 1.165) is 17.2 Å². The molecule has 0 saturated carbocycles. The predicted octanol–water partition coefficient (Wildman–Crippen LogP) is 1.56. The summed E-state index contributed by atoms with van der Waals surface area (Å²) in [6.07, 6.45) is 3.19. The van der Waals surface area contributed by atoms with Crippen molar-refractivity contribution in [1.82, 2.24) is 19.4 Å². The van der Waals surface area contributed by atoms with Crippen molar-refractivity contribution in [1.29, 1.82) is 0 Å². The number of nitrogens with one attached hydrogen (secondary N) is 1. The van der Waals surface area contributed by atoms with Gasteiger partial charge in [-0.3, -0.25) is 4.79 Å². The molecule has 0 aliphatic carbocycles. The van der Waals surface area contributed by atoms with Gasteiger partial charge in [-0.15, -0.1) is 5.10 Å². The fourth-order valence-electron chi connectivity index (χ4n) is 1.65. The molecule has 2 heterocycles. The summed E-state index contributed by atoms with van der Waals surface area (Å²) in [5.41, 5.74) is 7.46. The number of nitrogens with zero attached hydrogens (tertiary/aromatic N) is 4. The van der Waals surface area contributed by atoms with Crippen molar-refractivity contribution in [2.24, 2.45) is 0 Å². The molecule has 0 radical (unpaired) electrons. The number of amides is 1. The number of rotatable bonds is 3. The summed E-state index contributed by atoms with van der Waals surface area (Å²) in [5.74, 6) is -0.307. The highest BCUT2D eigenvalue weighted by atomic mass is 32.1. The Labute approximate surface area is 118 Å². The summed E-state index contributed by atoms with van der Waals surface area (Å²) in [4.78, 5) is 12.0. The van der Waals surface area contributed by atoms with E-state index >= 15 is 0 Å². The molecule has 0 aliphatic heterocycles. The number of carbonyl (C=O) groups excluding carboxylic acids is 1. The molecule has 3 N–H and O–H groups in total. The molecule has 0 saturated heterocycles. The van der Waals surface area contributed by atoms with Crippen LogP contribution in [0.1, 0.15) is 10.5 Å². The lowest BCUT2D eigenvalue weighted by Crippen LogP contribution is -2.12. The minimum absolute atomic E-state index is 0.306. The Balaban J connectivity index is 1.81. The van der Waals surface area contributed by atoms with Crippen LogP contribution in [0.3, 0.4) is 0 Å². The summed E-state index contributed by atoms with van der Waals surface area (Å²) < 4.78 is 5.26. The maximum atomic E-state index is 12.0. The molecule has 0 fully saturated rings. The SMILES string of the molecule is Nc1cccc(-n2ccc(C(=O)Nc3cnns3)n2)c1. The number of carbonyl (C=O) groups is 1. The highest BCUT2D eigenvalue weighted by Gasteiger charge is 2.11. The standard InChI is InChI=1S/C12H10N6OS/c13-8-2-1-3-9(6-8)18-5-4-10(16-18)12(19)15-11-7-14-17-20-11/h1-7H,13H2,(H,15,19). The van der Waals surface area contributed by atoms with Crippen LogP contribution < -0.4 is 11.1 Å². The average molecular weight is 286 g/mol. The molecular weight excluding hydrogens is 276 g/mol. The number of benzene rings is 1. The van der Waals surface area contributed by atoms with E-state index in [1.165, 1.54) is 6.20 Å². The van der Waals surface area contributed by atoms with Crippen LogP contribution in [0.4, 0.5) is 10.7 Å². The highest BCUT2D eigenvalue weighted by molar-refractivity contribution is 7.10. The van der Waals surface area contributed by atoms with Crippen LogP contribution in [0.5, 0.6) is 0 Å². The summed E-state index contributed by atoms with van der Waals surface area (Å²) in [7, 11) is 0. The molecule has 7 nitrogen and oxygen atoms in total. The fraction of sp³-hybridized carbons (Fsp3) is 0. The molecule has 100 valence electrons. The quantitative estimate of drug-likeness (QED) is 0.712. The van der Waals surface area contributed by atoms with Gasteiger partial charge in [-0.05, 0) is 24.3 Å². The van der Waals surface area contributed by atoms with Gasteiger partial charge >= 0.3 is 0 Å². The second kappa shape index (κ2) is 5.10. The van der Waals surface area contributed by atoms with Gasteiger partial charge < -0.3 is 11.1 Å². The smallest absolute Gasteiger partial charge is 0.276 e. The Kier molecular flexibility index (Phi) is 3.13. The molecule has 1 aromatic carbocycles. The van der Waals surface area contributed by atoms with Crippen molar-refractivity contribution in [3.8, 4) is 5.69 Å². The lowest BCUT2D eigenvalue weighted by atomic mass is 10.3. The van der Waals surface area contributed by atoms with E-state index in [4.69, 9.17) is 5.73 Å². The maximum absolute atomic E-state index is 12.0. The monoisotopic (exact) mass is 286 g/mol. The highest BCUT2D eigenvalue weighted by Crippen LogP contribution is 2.13. The predicted molar refractivity (Wildman–Crippen MR) is 75.8 cm³/mol. The fourth-order valence-corrected chi connectivity index (χ4v) is 2.07. The van der Waals surface area contributed by atoms with Gasteiger partial charge in [-0.25, -0.2) is 4.68 Å². The molecule has 3 aromatic rings. The molecule has 0 spiro atoms. The van der Waals surface area contributed by atoms with E-state index in [2.05, 4.69) is 20.0 Å². The maximum Gasteiger partial charge on any atom is 0.276 e. The van der Waals surface area contributed by atoms with Gasteiger partial charge in [0.15, 0.2) is 5.69 Å². The molecule has 0 bridgehead atoms. The van der Waals surface area contributed by atoms with Crippen LogP contribution in [0.25, 0.3) is 5.69 Å². The number of nitrogens with two attached hydrogens (primary N) is 1. The van der Waals surface area contributed by atoms with Crippen molar-refractivity contribution in [2.75, 3.05) is 11.1 Å². The first-order chi connectivity index (χ1) is 9.72. The van der Waals surface area contributed by atoms with Crippen LogP contribution >= 0.6 is 11.5 Å². The van der Waals surface area contributed by atoms with E-state index in [1.54, 1.807) is 29.1 Å². The summed E-state index contributed by atoms with van der Waals surface area (Å²) in [5, 5.41) is 11.1. The Bertz CT molecular complexity index is 736. The molecule has 2 aromatic heterocycles. The molecule has 3 rings (SSSR count). The second-order valence-electron chi connectivity index (χ2n) is 3.98. The van der Waals surface area contributed by atoms with Crippen molar-refractivity contribution in [3.63, 3.8) is 0 Å². The van der Waals surface area contributed by atoms with Gasteiger partial charge in [0, 0.05) is 23.4 Å². The largest absolute Gasteiger partial charge is 0.399 e. The van der Waals surface area contributed by atoms with E-state index < -0.39 is 0 Å². The van der Waals surface area contributed by atoms with E-state index in [0.29, 0.717) is 16.4 Å².